The van der Waals surface area contributed by atoms with Gasteiger partial charge < -0.3 is 9.64 Å². The molecule has 6 aromatic rings. The summed E-state index contributed by atoms with van der Waals surface area (Å²) in [6, 6.07) is 24.9. The van der Waals surface area contributed by atoms with Crippen molar-refractivity contribution in [2.75, 3.05) is 24.6 Å². The first-order chi connectivity index (χ1) is 26.8. The zero-order valence-corrected chi connectivity index (χ0v) is 29.7. The summed E-state index contributed by atoms with van der Waals surface area (Å²) < 4.78 is 8.68. The molecule has 0 radical (unpaired) electrons. The number of ether oxygens (including phenoxy) is 1. The Morgan fingerprint density at radius 1 is 0.855 bits per heavy atom. The SMILES string of the molecule is N#Cc1cccc(-c2ccc(=O)n(Cc3cccc(-c4ncc(OCC5CCN(c6ccc7c(=O)n(C8CCC(=O)NC8=O)ncc7c6)CC5)cn4)c3)n2)c1. The highest BCUT2D eigenvalue weighted by molar-refractivity contribution is 5.99. The van der Waals surface area contributed by atoms with Gasteiger partial charge in [-0.15, -0.1) is 0 Å². The number of anilines is 1. The molecule has 274 valence electrons. The number of benzene rings is 3. The summed E-state index contributed by atoms with van der Waals surface area (Å²) in [6.45, 7) is 2.44. The molecule has 14 nitrogen and oxygen atoms in total. The molecule has 0 spiro atoms. The molecule has 14 heteroatoms. The Hall–Kier alpha value is -7.01. The third-order valence-corrected chi connectivity index (χ3v) is 10.1. The summed E-state index contributed by atoms with van der Waals surface area (Å²) >= 11 is 0. The van der Waals surface area contributed by atoms with E-state index in [0.29, 0.717) is 46.1 Å². The Bertz CT molecular complexity index is 2590. The minimum absolute atomic E-state index is 0.170. The van der Waals surface area contributed by atoms with Gasteiger partial charge in [0.2, 0.25) is 5.91 Å². The summed E-state index contributed by atoms with van der Waals surface area (Å²) in [5.74, 6) is 0.621. The maximum absolute atomic E-state index is 13.2. The van der Waals surface area contributed by atoms with E-state index in [1.165, 1.54) is 15.4 Å². The van der Waals surface area contributed by atoms with E-state index in [9.17, 15) is 24.4 Å². The van der Waals surface area contributed by atoms with E-state index in [2.05, 4.69) is 36.5 Å². The number of amides is 2. The summed E-state index contributed by atoms with van der Waals surface area (Å²) in [5.41, 5.74) is 3.95. The van der Waals surface area contributed by atoms with Gasteiger partial charge in [0.05, 0.1) is 54.5 Å². The molecular formula is C41H35N9O5. The van der Waals surface area contributed by atoms with Crippen LogP contribution in [0.1, 0.15) is 42.9 Å². The van der Waals surface area contributed by atoms with Crippen LogP contribution in [0.3, 0.4) is 0 Å². The summed E-state index contributed by atoms with van der Waals surface area (Å²) in [4.78, 5) is 61.1. The third kappa shape index (κ3) is 7.58. The molecule has 1 unspecified atom stereocenters. The van der Waals surface area contributed by atoms with Gasteiger partial charge in [-0.3, -0.25) is 24.5 Å². The number of carbonyl (C=O) groups is 2. The molecule has 2 saturated heterocycles. The molecule has 8 rings (SSSR count). The fourth-order valence-corrected chi connectivity index (χ4v) is 7.04. The molecule has 2 fully saturated rings. The van der Waals surface area contributed by atoms with Crippen LogP contribution in [0.2, 0.25) is 0 Å². The van der Waals surface area contributed by atoms with E-state index in [0.717, 1.165) is 48.3 Å². The summed E-state index contributed by atoms with van der Waals surface area (Å²) in [6.07, 6.45) is 7.21. The standard InChI is InChI=1S/C41H35N9O5/c42-20-27-3-1-5-29(17-27)35-9-12-38(52)49(47-35)24-28-4-2-6-30(18-28)39-43-22-33(23-44-39)55-25-26-13-15-48(16-14-26)32-7-8-34-31(19-32)21-45-50(41(34)54)36-10-11-37(51)46-40(36)53/h1-9,12,17-19,21-23,26,36H,10-11,13-16,24-25H2,(H,46,51,53). The molecule has 3 aromatic heterocycles. The quantitative estimate of drug-likeness (QED) is 0.210. The van der Waals surface area contributed by atoms with Crippen molar-refractivity contribution in [2.45, 2.75) is 38.3 Å². The highest BCUT2D eigenvalue weighted by Crippen LogP contribution is 2.27. The number of rotatable bonds is 9. The second-order valence-corrected chi connectivity index (χ2v) is 13.7. The Morgan fingerprint density at radius 3 is 2.45 bits per heavy atom. The van der Waals surface area contributed by atoms with Crippen molar-refractivity contribution in [3.63, 3.8) is 0 Å². The van der Waals surface area contributed by atoms with E-state index < -0.39 is 11.9 Å². The average molecular weight is 734 g/mol. The number of nitrogens with one attached hydrogen (secondary N) is 1. The number of piperidine rings is 2. The normalized spacial score (nSPS) is 16.1. The van der Waals surface area contributed by atoms with Gasteiger partial charge in [0.15, 0.2) is 11.6 Å². The molecular weight excluding hydrogens is 699 g/mol. The van der Waals surface area contributed by atoms with Gasteiger partial charge in [0, 0.05) is 47.8 Å². The van der Waals surface area contributed by atoms with Crippen LogP contribution >= 0.6 is 0 Å². The van der Waals surface area contributed by atoms with E-state index in [4.69, 9.17) is 4.74 Å². The molecule has 5 heterocycles. The fourth-order valence-electron chi connectivity index (χ4n) is 7.04. The van der Waals surface area contributed by atoms with Crippen LogP contribution < -0.4 is 26.1 Å². The number of aromatic nitrogens is 6. The lowest BCUT2D eigenvalue weighted by Gasteiger charge is -2.33. The number of carbonyl (C=O) groups excluding carboxylic acids is 2. The molecule has 1 N–H and O–H groups in total. The van der Waals surface area contributed by atoms with Crippen molar-refractivity contribution in [3.05, 3.63) is 129 Å². The van der Waals surface area contributed by atoms with Crippen molar-refractivity contribution in [2.24, 2.45) is 5.92 Å². The fraction of sp³-hybridized carbons (Fsp3) is 0.244. The van der Waals surface area contributed by atoms with Crippen LogP contribution in [0.25, 0.3) is 33.4 Å². The van der Waals surface area contributed by atoms with Crippen LogP contribution in [0.4, 0.5) is 5.69 Å². The number of nitriles is 1. The van der Waals surface area contributed by atoms with Gasteiger partial charge in [-0.25, -0.2) is 19.3 Å². The van der Waals surface area contributed by atoms with Crippen molar-refractivity contribution in [1.29, 1.82) is 5.26 Å². The topological polar surface area (TPSA) is 178 Å². The lowest BCUT2D eigenvalue weighted by molar-refractivity contribution is -0.136. The van der Waals surface area contributed by atoms with Gasteiger partial charge in [0.25, 0.3) is 17.0 Å². The summed E-state index contributed by atoms with van der Waals surface area (Å²) in [5, 5.41) is 21.6. The van der Waals surface area contributed by atoms with E-state index in [1.54, 1.807) is 48.9 Å². The Balaban J connectivity index is 0.856. The minimum atomic E-state index is -0.799. The second-order valence-electron chi connectivity index (χ2n) is 13.7. The maximum atomic E-state index is 13.2. The first-order valence-corrected chi connectivity index (χ1v) is 18.0. The molecule has 2 aliphatic heterocycles. The predicted octanol–water partition coefficient (Wildman–Crippen LogP) is 4.27. The smallest absolute Gasteiger partial charge is 0.275 e. The van der Waals surface area contributed by atoms with Gasteiger partial charge in [-0.05, 0) is 73.2 Å². The molecule has 0 aliphatic carbocycles. The molecule has 1 atom stereocenters. The maximum Gasteiger partial charge on any atom is 0.275 e. The number of fused-ring (bicyclic) bond motifs is 1. The van der Waals surface area contributed by atoms with Crippen LogP contribution in [0.5, 0.6) is 5.75 Å². The average Bonchev–Trinajstić information content (AvgIpc) is 3.22. The van der Waals surface area contributed by atoms with Crippen molar-refractivity contribution in [1.82, 2.24) is 34.8 Å². The van der Waals surface area contributed by atoms with Crippen LogP contribution in [0, 0.1) is 17.2 Å². The van der Waals surface area contributed by atoms with Crippen LogP contribution in [-0.4, -0.2) is 61.0 Å². The third-order valence-electron chi connectivity index (χ3n) is 10.1. The molecule has 2 aliphatic rings. The van der Waals surface area contributed by atoms with Crippen molar-refractivity contribution >= 4 is 28.3 Å². The lowest BCUT2D eigenvalue weighted by atomic mass is 9.97. The van der Waals surface area contributed by atoms with Crippen LogP contribution in [-0.2, 0) is 16.1 Å². The van der Waals surface area contributed by atoms with E-state index in [1.807, 2.05) is 42.5 Å². The van der Waals surface area contributed by atoms with Gasteiger partial charge in [0.1, 0.15) is 6.04 Å². The van der Waals surface area contributed by atoms with Crippen molar-refractivity contribution < 1.29 is 14.3 Å². The molecule has 55 heavy (non-hydrogen) atoms. The van der Waals surface area contributed by atoms with Gasteiger partial charge in [-0.1, -0.05) is 30.3 Å². The summed E-state index contributed by atoms with van der Waals surface area (Å²) in [7, 11) is 0. The van der Waals surface area contributed by atoms with E-state index in [-0.39, 0.29) is 36.4 Å². The first-order valence-electron chi connectivity index (χ1n) is 18.0. The number of imide groups is 1. The first kappa shape index (κ1) is 35.0. The Kier molecular flexibility index (Phi) is 9.65. The monoisotopic (exact) mass is 733 g/mol. The largest absolute Gasteiger partial charge is 0.490 e. The zero-order chi connectivity index (χ0) is 37.9. The molecule has 2 amide bonds. The highest BCUT2D eigenvalue weighted by Gasteiger charge is 2.30. The van der Waals surface area contributed by atoms with Crippen molar-refractivity contribution in [3.8, 4) is 34.5 Å². The number of hydrogen-bond donors (Lipinski definition) is 1. The number of hydrogen-bond acceptors (Lipinski definition) is 11. The second kappa shape index (κ2) is 15.2. The van der Waals surface area contributed by atoms with Gasteiger partial charge in [-0.2, -0.15) is 15.5 Å². The molecule has 0 saturated carbocycles. The van der Waals surface area contributed by atoms with Crippen LogP contribution in [0.15, 0.2) is 107 Å². The lowest BCUT2D eigenvalue weighted by Crippen LogP contribution is -2.45. The Morgan fingerprint density at radius 2 is 1.65 bits per heavy atom. The zero-order valence-electron chi connectivity index (χ0n) is 29.7. The highest BCUT2D eigenvalue weighted by atomic mass is 16.5. The predicted molar refractivity (Wildman–Crippen MR) is 203 cm³/mol. The minimum Gasteiger partial charge on any atom is -0.490 e. The molecule has 0 bridgehead atoms. The molecule has 3 aromatic carbocycles. The van der Waals surface area contributed by atoms with Gasteiger partial charge >= 0.3 is 0 Å². The Labute approximate surface area is 314 Å². The van der Waals surface area contributed by atoms with E-state index >= 15 is 0 Å². The number of nitrogens with zero attached hydrogens (tertiary/aromatic N) is 8.